The summed E-state index contributed by atoms with van der Waals surface area (Å²) in [6, 6.07) is 23.3. The zero-order valence-electron chi connectivity index (χ0n) is 28.4. The Labute approximate surface area is 284 Å². The molecule has 1 atom stereocenters. The number of hydrogen-bond acceptors (Lipinski definition) is 9. The number of hydrogen-bond donors (Lipinski definition) is 1. The van der Waals surface area contributed by atoms with Gasteiger partial charge in [0.25, 0.3) is 0 Å². The zero-order chi connectivity index (χ0) is 34.1. The Kier molecular flexibility index (Phi) is 8.58. The Morgan fingerprint density at radius 2 is 1.80 bits per heavy atom. The van der Waals surface area contributed by atoms with Crippen LogP contribution in [0.1, 0.15) is 44.7 Å². The van der Waals surface area contributed by atoms with Crippen molar-refractivity contribution in [1.82, 2.24) is 24.6 Å². The molecule has 4 heterocycles. The van der Waals surface area contributed by atoms with Crippen LogP contribution < -0.4 is 14.8 Å². The fourth-order valence-electron chi connectivity index (χ4n) is 6.05. The number of aromatic nitrogens is 4. The van der Waals surface area contributed by atoms with E-state index in [1.54, 1.807) is 18.2 Å². The number of anilines is 1. The van der Waals surface area contributed by atoms with Crippen molar-refractivity contribution in [2.24, 2.45) is 0 Å². The maximum absolute atomic E-state index is 12.9. The minimum atomic E-state index is -0.564. The molecule has 1 saturated heterocycles. The Bertz CT molecular complexity index is 2100. The smallest absolute Gasteiger partial charge is 0.410 e. The van der Waals surface area contributed by atoms with Crippen molar-refractivity contribution >= 4 is 34.0 Å². The molecule has 7 rings (SSSR count). The van der Waals surface area contributed by atoms with Gasteiger partial charge >= 0.3 is 6.09 Å². The van der Waals surface area contributed by atoms with E-state index in [4.69, 9.17) is 28.7 Å². The predicted octanol–water partition coefficient (Wildman–Crippen LogP) is 8.21. The number of carbonyl (C=O) groups is 1. The first kappa shape index (κ1) is 32.0. The number of likely N-dealkylation sites (tertiary alicyclic amines) is 1. The summed E-state index contributed by atoms with van der Waals surface area (Å²) < 4.78 is 25.5. The van der Waals surface area contributed by atoms with E-state index in [2.05, 4.69) is 10.3 Å². The highest BCUT2D eigenvalue weighted by molar-refractivity contribution is 5.93. The fraction of sp³-hybridized carbons (Fsp3) is 0.316. The van der Waals surface area contributed by atoms with Crippen molar-refractivity contribution in [3.05, 3.63) is 90.1 Å². The molecule has 11 heteroatoms. The van der Waals surface area contributed by atoms with Crippen molar-refractivity contribution in [1.29, 1.82) is 0 Å². The average molecular weight is 661 g/mol. The first-order chi connectivity index (χ1) is 23.6. The number of nitrogens with one attached hydrogen (secondary N) is 1. The van der Waals surface area contributed by atoms with Gasteiger partial charge in [0.15, 0.2) is 17.0 Å². The number of benzene rings is 3. The van der Waals surface area contributed by atoms with Gasteiger partial charge in [-0.05, 0) is 94.1 Å². The molecule has 11 nitrogen and oxygen atoms in total. The number of nitrogens with zero attached hydrogens (tertiary/aromatic N) is 5. The van der Waals surface area contributed by atoms with Gasteiger partial charge in [-0.15, -0.1) is 0 Å². The number of amides is 1. The van der Waals surface area contributed by atoms with Crippen molar-refractivity contribution in [3.8, 4) is 28.7 Å². The molecule has 0 radical (unpaired) electrons. The van der Waals surface area contributed by atoms with Crippen LogP contribution in [0.15, 0.2) is 83.4 Å². The summed E-state index contributed by atoms with van der Waals surface area (Å²) in [6.07, 6.45) is 3.14. The monoisotopic (exact) mass is 660 g/mol. The summed E-state index contributed by atoms with van der Waals surface area (Å²) in [7, 11) is 1.65. The van der Waals surface area contributed by atoms with Crippen LogP contribution in [0.4, 0.5) is 10.6 Å². The van der Waals surface area contributed by atoms with Gasteiger partial charge in [-0.25, -0.2) is 19.4 Å². The minimum absolute atomic E-state index is 0.0407. The van der Waals surface area contributed by atoms with Gasteiger partial charge in [0.2, 0.25) is 5.89 Å². The first-order valence-electron chi connectivity index (χ1n) is 16.5. The second kappa shape index (κ2) is 13.1. The van der Waals surface area contributed by atoms with Crippen LogP contribution in [0, 0.1) is 6.92 Å². The normalized spacial score (nSPS) is 15.0. The van der Waals surface area contributed by atoms with Gasteiger partial charge in [0, 0.05) is 37.0 Å². The van der Waals surface area contributed by atoms with Gasteiger partial charge in [0.05, 0.1) is 13.7 Å². The summed E-state index contributed by atoms with van der Waals surface area (Å²) in [6.45, 7) is 9.29. The summed E-state index contributed by atoms with van der Waals surface area (Å²) in [5, 5.41) is 9.39. The Morgan fingerprint density at radius 1 is 1.02 bits per heavy atom. The van der Waals surface area contributed by atoms with E-state index in [1.165, 1.54) is 0 Å². The minimum Gasteiger partial charge on any atom is -0.497 e. The van der Waals surface area contributed by atoms with Gasteiger partial charge in [-0.2, -0.15) is 5.10 Å². The van der Waals surface area contributed by atoms with E-state index in [-0.39, 0.29) is 12.1 Å². The summed E-state index contributed by atoms with van der Waals surface area (Å²) in [5.74, 6) is 3.24. The molecule has 0 bridgehead atoms. The highest BCUT2D eigenvalue weighted by atomic mass is 16.6. The molecule has 3 aromatic carbocycles. The number of oxazole rings is 1. The second-order valence-corrected chi connectivity index (χ2v) is 13.3. The molecule has 1 N–H and O–H groups in total. The number of fused-ring (bicyclic) bond motifs is 2. The van der Waals surface area contributed by atoms with E-state index in [1.807, 2.05) is 105 Å². The molecule has 1 fully saturated rings. The molecule has 0 saturated carbocycles. The van der Waals surface area contributed by atoms with Crippen molar-refractivity contribution in [2.45, 2.75) is 58.7 Å². The van der Waals surface area contributed by atoms with Crippen LogP contribution in [0.5, 0.6) is 17.2 Å². The number of methoxy groups -OCH3 is 1. The van der Waals surface area contributed by atoms with Crippen LogP contribution in [0.2, 0.25) is 0 Å². The average Bonchev–Trinajstić information content (AvgIpc) is 3.68. The molecular weight excluding hydrogens is 620 g/mol. The third-order valence-corrected chi connectivity index (χ3v) is 8.44. The molecular formula is C38H40N6O5. The van der Waals surface area contributed by atoms with Crippen LogP contribution in [-0.4, -0.2) is 62.6 Å². The number of pyridine rings is 1. The largest absolute Gasteiger partial charge is 0.497 e. The third-order valence-electron chi connectivity index (χ3n) is 8.44. The molecule has 1 aliphatic rings. The van der Waals surface area contributed by atoms with E-state index < -0.39 is 5.60 Å². The van der Waals surface area contributed by atoms with Crippen LogP contribution >= 0.6 is 0 Å². The highest BCUT2D eigenvalue weighted by Crippen LogP contribution is 2.36. The molecule has 0 spiro atoms. The fourth-order valence-corrected chi connectivity index (χ4v) is 6.05. The third kappa shape index (κ3) is 7.01. The number of piperidine rings is 1. The van der Waals surface area contributed by atoms with E-state index in [0.29, 0.717) is 48.5 Å². The summed E-state index contributed by atoms with van der Waals surface area (Å²) in [4.78, 5) is 24.1. The van der Waals surface area contributed by atoms with Crippen LogP contribution in [0.25, 0.3) is 33.6 Å². The number of carbonyl (C=O) groups excluding carboxylic acids is 1. The Balaban J connectivity index is 1.19. The quantitative estimate of drug-likeness (QED) is 0.172. The van der Waals surface area contributed by atoms with Gasteiger partial charge in [-0.3, -0.25) is 0 Å². The lowest BCUT2D eigenvalue weighted by atomic mass is 10.1. The van der Waals surface area contributed by atoms with E-state index >= 15 is 0 Å². The van der Waals surface area contributed by atoms with Gasteiger partial charge in [-0.1, -0.05) is 24.3 Å². The molecule has 6 aromatic rings. The number of rotatable bonds is 8. The van der Waals surface area contributed by atoms with E-state index in [0.717, 1.165) is 51.8 Å². The maximum atomic E-state index is 12.9. The second-order valence-electron chi connectivity index (χ2n) is 13.3. The number of aryl methyl sites for hydroxylation is 1. The predicted molar refractivity (Wildman–Crippen MR) is 188 cm³/mol. The van der Waals surface area contributed by atoms with Crippen molar-refractivity contribution < 1.29 is 23.4 Å². The lowest BCUT2D eigenvalue weighted by molar-refractivity contribution is 0.0206. The Morgan fingerprint density at radius 3 is 2.53 bits per heavy atom. The molecule has 1 unspecified atom stereocenters. The van der Waals surface area contributed by atoms with E-state index in [9.17, 15) is 4.79 Å². The zero-order valence-corrected chi connectivity index (χ0v) is 28.4. The standard InChI is InChI=1S/C38H40N6O5/c1-24-8-6-10-30-33(24)48-36(41-30)26-13-17-29(18-14-26)47-31-19-20-39-35-32(31)34(42-44(35)22-25-11-15-28(46-5)16-12-25)40-27-9-7-21-43(23-27)37(45)49-38(2,3)4/h6,8,10-20,27H,7,9,21-23H2,1-5H3,(H,40,42). The van der Waals surface area contributed by atoms with Crippen molar-refractivity contribution in [3.63, 3.8) is 0 Å². The lowest BCUT2D eigenvalue weighted by Crippen LogP contribution is -2.47. The lowest BCUT2D eigenvalue weighted by Gasteiger charge is -2.34. The molecule has 49 heavy (non-hydrogen) atoms. The molecule has 1 amide bonds. The maximum Gasteiger partial charge on any atom is 0.410 e. The van der Waals surface area contributed by atoms with Crippen LogP contribution in [0.3, 0.4) is 0 Å². The molecule has 0 aliphatic carbocycles. The Hall–Kier alpha value is -5.58. The van der Waals surface area contributed by atoms with Crippen LogP contribution in [-0.2, 0) is 11.3 Å². The SMILES string of the molecule is COc1ccc(Cn2nc(NC3CCCN(C(=O)OC(C)(C)C)C3)c3c(Oc4ccc(-c5nc6cccc(C)c6o5)cc4)ccnc32)cc1. The molecule has 1 aliphatic heterocycles. The molecule has 3 aromatic heterocycles. The van der Waals surface area contributed by atoms with Gasteiger partial charge in [0.1, 0.15) is 33.8 Å². The van der Waals surface area contributed by atoms with Gasteiger partial charge < -0.3 is 28.8 Å². The number of para-hydroxylation sites is 1. The molecule has 252 valence electrons. The first-order valence-corrected chi connectivity index (χ1v) is 16.5. The number of ether oxygens (including phenoxy) is 3. The highest BCUT2D eigenvalue weighted by Gasteiger charge is 2.29. The summed E-state index contributed by atoms with van der Waals surface area (Å²) in [5.41, 5.74) is 4.66. The topological polar surface area (TPSA) is 117 Å². The summed E-state index contributed by atoms with van der Waals surface area (Å²) >= 11 is 0. The van der Waals surface area contributed by atoms with Crippen molar-refractivity contribution in [2.75, 3.05) is 25.5 Å².